The maximum Gasteiger partial charge on any atom is 0.292 e. The highest BCUT2D eigenvalue weighted by atomic mass is 35.5. The third-order valence-electron chi connectivity index (χ3n) is 2.02. The monoisotopic (exact) mass is 271 g/mol. The number of hydrogen-bond acceptors (Lipinski definition) is 5. The van der Waals surface area contributed by atoms with E-state index in [4.69, 9.17) is 27.9 Å². The number of rotatable bonds is 7. The average Bonchev–Trinajstić information content (AvgIpc) is 2.36. The zero-order valence-electron chi connectivity index (χ0n) is 9.73. The normalized spacial score (nSPS) is 10.1. The first-order valence-corrected chi connectivity index (χ1v) is 5.70. The molecular weight excluding hydrogens is 258 g/mol. The quantitative estimate of drug-likeness (QED) is 0.537. The molecule has 0 radical (unpaired) electrons. The molecule has 0 spiro atoms. The van der Waals surface area contributed by atoms with E-state index in [9.17, 15) is 4.79 Å². The standard InChI is InChI=1S/C11H14ClN3O3/c1-2-4-15-11(17)10(9(12)8-14-15)13-3-6-18-7-5-16/h1,8,13,16H,3-7H2. The Bertz CT molecular complexity index is 481. The van der Waals surface area contributed by atoms with Gasteiger partial charge in [0.25, 0.3) is 5.56 Å². The van der Waals surface area contributed by atoms with Gasteiger partial charge in [-0.2, -0.15) is 5.10 Å². The molecule has 1 aromatic rings. The van der Waals surface area contributed by atoms with Crippen LogP contribution in [0.25, 0.3) is 0 Å². The van der Waals surface area contributed by atoms with Crippen LogP contribution in [-0.4, -0.2) is 41.3 Å². The van der Waals surface area contributed by atoms with Crippen LogP contribution in [0.3, 0.4) is 0 Å². The highest BCUT2D eigenvalue weighted by Gasteiger charge is 2.08. The van der Waals surface area contributed by atoms with Crippen LogP contribution < -0.4 is 10.9 Å². The number of terminal acetylenes is 1. The Balaban J connectivity index is 2.67. The van der Waals surface area contributed by atoms with E-state index >= 15 is 0 Å². The summed E-state index contributed by atoms with van der Waals surface area (Å²) in [6, 6.07) is 0. The third kappa shape index (κ3) is 4.04. The van der Waals surface area contributed by atoms with Crippen molar-refractivity contribution in [1.29, 1.82) is 0 Å². The summed E-state index contributed by atoms with van der Waals surface area (Å²) >= 11 is 5.87. The summed E-state index contributed by atoms with van der Waals surface area (Å²) in [5.41, 5.74) is -0.128. The van der Waals surface area contributed by atoms with E-state index in [0.717, 1.165) is 4.68 Å². The van der Waals surface area contributed by atoms with Crippen LogP contribution in [0.15, 0.2) is 11.0 Å². The fourth-order valence-electron chi connectivity index (χ4n) is 1.24. The molecule has 0 aliphatic rings. The van der Waals surface area contributed by atoms with E-state index in [2.05, 4.69) is 16.3 Å². The number of anilines is 1. The lowest BCUT2D eigenvalue weighted by atomic mass is 10.4. The number of ether oxygens (including phenoxy) is 1. The molecule has 0 saturated heterocycles. The maximum absolute atomic E-state index is 11.9. The molecule has 0 bridgehead atoms. The summed E-state index contributed by atoms with van der Waals surface area (Å²) < 4.78 is 6.19. The van der Waals surface area contributed by atoms with Gasteiger partial charge in [-0.15, -0.1) is 6.42 Å². The summed E-state index contributed by atoms with van der Waals surface area (Å²) in [5, 5.41) is 15.4. The molecule has 0 fully saturated rings. The zero-order valence-corrected chi connectivity index (χ0v) is 10.5. The van der Waals surface area contributed by atoms with E-state index in [-0.39, 0.29) is 36.0 Å². The van der Waals surface area contributed by atoms with Crippen LogP contribution in [-0.2, 0) is 11.3 Å². The Morgan fingerprint density at radius 2 is 2.39 bits per heavy atom. The highest BCUT2D eigenvalue weighted by Crippen LogP contribution is 2.14. The van der Waals surface area contributed by atoms with Crippen molar-refractivity contribution in [2.24, 2.45) is 0 Å². The van der Waals surface area contributed by atoms with E-state index in [1.165, 1.54) is 6.20 Å². The van der Waals surface area contributed by atoms with E-state index in [0.29, 0.717) is 13.2 Å². The van der Waals surface area contributed by atoms with E-state index in [1.807, 2.05) is 0 Å². The van der Waals surface area contributed by atoms with Gasteiger partial charge in [-0.3, -0.25) is 4.79 Å². The molecule has 1 heterocycles. The summed E-state index contributed by atoms with van der Waals surface area (Å²) in [4.78, 5) is 11.9. The van der Waals surface area contributed by atoms with Crippen molar-refractivity contribution in [2.75, 3.05) is 31.7 Å². The van der Waals surface area contributed by atoms with Gasteiger partial charge in [-0.1, -0.05) is 17.5 Å². The van der Waals surface area contributed by atoms with Crippen LogP contribution >= 0.6 is 11.6 Å². The van der Waals surface area contributed by atoms with Crippen molar-refractivity contribution < 1.29 is 9.84 Å². The number of nitrogens with zero attached hydrogens (tertiary/aromatic N) is 2. The Morgan fingerprint density at radius 1 is 1.61 bits per heavy atom. The lowest BCUT2D eigenvalue weighted by molar-refractivity contribution is 0.0992. The number of nitrogens with one attached hydrogen (secondary N) is 1. The smallest absolute Gasteiger partial charge is 0.292 e. The maximum atomic E-state index is 11.9. The summed E-state index contributed by atoms with van der Waals surface area (Å²) in [6.07, 6.45) is 6.48. The zero-order chi connectivity index (χ0) is 13.4. The fourth-order valence-corrected chi connectivity index (χ4v) is 1.43. The van der Waals surface area contributed by atoms with Crippen LogP contribution in [0.1, 0.15) is 0 Å². The first-order chi connectivity index (χ1) is 8.70. The Morgan fingerprint density at radius 3 is 3.06 bits per heavy atom. The van der Waals surface area contributed by atoms with Crippen LogP contribution in [0.2, 0.25) is 5.02 Å². The number of hydrogen-bond donors (Lipinski definition) is 2. The number of aliphatic hydroxyl groups excluding tert-OH is 1. The van der Waals surface area contributed by atoms with Gasteiger partial charge in [0.2, 0.25) is 0 Å². The lowest BCUT2D eigenvalue weighted by Gasteiger charge is -2.09. The van der Waals surface area contributed by atoms with Crippen molar-refractivity contribution in [3.05, 3.63) is 21.6 Å². The minimum absolute atomic E-state index is 0.0367. The molecule has 18 heavy (non-hydrogen) atoms. The van der Waals surface area contributed by atoms with Gasteiger partial charge in [0.15, 0.2) is 0 Å². The van der Waals surface area contributed by atoms with Gasteiger partial charge in [0, 0.05) is 6.54 Å². The first-order valence-electron chi connectivity index (χ1n) is 5.32. The number of aliphatic hydroxyl groups is 1. The number of halogens is 1. The first kappa shape index (κ1) is 14.5. The second-order valence-corrected chi connectivity index (χ2v) is 3.70. The minimum Gasteiger partial charge on any atom is -0.394 e. The van der Waals surface area contributed by atoms with Gasteiger partial charge < -0.3 is 15.2 Å². The fraction of sp³-hybridized carbons (Fsp3) is 0.455. The third-order valence-corrected chi connectivity index (χ3v) is 2.31. The summed E-state index contributed by atoms with van der Waals surface area (Å²) in [7, 11) is 0. The minimum atomic E-state index is -0.373. The van der Waals surface area contributed by atoms with Gasteiger partial charge in [0.05, 0.1) is 31.0 Å². The van der Waals surface area contributed by atoms with Gasteiger partial charge in [0.1, 0.15) is 12.2 Å². The van der Waals surface area contributed by atoms with Crippen molar-refractivity contribution in [1.82, 2.24) is 9.78 Å². The van der Waals surface area contributed by atoms with Crippen molar-refractivity contribution in [3.8, 4) is 12.3 Å². The largest absolute Gasteiger partial charge is 0.394 e. The Labute approximate surface area is 110 Å². The molecule has 0 saturated carbocycles. The molecule has 0 unspecified atom stereocenters. The molecular formula is C11H14ClN3O3. The van der Waals surface area contributed by atoms with Crippen molar-refractivity contribution in [3.63, 3.8) is 0 Å². The van der Waals surface area contributed by atoms with E-state index in [1.54, 1.807) is 0 Å². The second kappa shape index (κ2) is 7.71. The predicted octanol–water partition coefficient (Wildman–Crippen LogP) is -0.0493. The number of aromatic nitrogens is 2. The van der Waals surface area contributed by atoms with Gasteiger partial charge in [-0.05, 0) is 0 Å². The molecule has 0 aliphatic heterocycles. The molecule has 1 aromatic heterocycles. The molecule has 7 heteroatoms. The summed E-state index contributed by atoms with van der Waals surface area (Å²) in [5.74, 6) is 2.33. The second-order valence-electron chi connectivity index (χ2n) is 3.30. The van der Waals surface area contributed by atoms with E-state index < -0.39 is 0 Å². The molecule has 6 nitrogen and oxygen atoms in total. The predicted molar refractivity (Wildman–Crippen MR) is 68.7 cm³/mol. The molecule has 0 aromatic carbocycles. The molecule has 0 amide bonds. The van der Waals surface area contributed by atoms with Crippen LogP contribution in [0.5, 0.6) is 0 Å². The molecule has 98 valence electrons. The lowest BCUT2D eigenvalue weighted by Crippen LogP contribution is -2.27. The highest BCUT2D eigenvalue weighted by molar-refractivity contribution is 6.32. The Kier molecular flexibility index (Phi) is 6.22. The van der Waals surface area contributed by atoms with Gasteiger partial charge >= 0.3 is 0 Å². The van der Waals surface area contributed by atoms with Crippen LogP contribution in [0.4, 0.5) is 5.69 Å². The van der Waals surface area contributed by atoms with Crippen LogP contribution in [0, 0.1) is 12.3 Å². The molecule has 0 atom stereocenters. The van der Waals surface area contributed by atoms with Gasteiger partial charge in [-0.25, -0.2) is 4.68 Å². The molecule has 0 aliphatic carbocycles. The molecule has 2 N–H and O–H groups in total. The van der Waals surface area contributed by atoms with Crippen molar-refractivity contribution in [2.45, 2.75) is 6.54 Å². The average molecular weight is 272 g/mol. The topological polar surface area (TPSA) is 76.4 Å². The summed E-state index contributed by atoms with van der Waals surface area (Å²) in [6.45, 7) is 1.06. The molecule has 1 rings (SSSR count). The van der Waals surface area contributed by atoms with Crippen molar-refractivity contribution >= 4 is 17.3 Å². The SMILES string of the molecule is C#CCn1ncc(Cl)c(NCCOCCO)c1=O. The Hall–Kier alpha value is -1.55.